The zero-order valence-corrected chi connectivity index (χ0v) is 20.1. The van der Waals surface area contributed by atoms with Crippen LogP contribution in [0, 0.1) is 5.82 Å². The predicted octanol–water partition coefficient (Wildman–Crippen LogP) is 4.62. The van der Waals surface area contributed by atoms with Crippen molar-refractivity contribution in [3.05, 3.63) is 77.9 Å². The van der Waals surface area contributed by atoms with E-state index in [1.165, 1.54) is 12.1 Å². The molecule has 0 saturated heterocycles. The Labute approximate surface area is 208 Å². The first-order chi connectivity index (χ1) is 17.3. The lowest BCUT2D eigenvalue weighted by Gasteiger charge is -2.18. The molecule has 0 bridgehead atoms. The molecule has 2 aromatic carbocycles. The Morgan fingerprint density at radius 2 is 1.70 bits per heavy atom. The Balaban J connectivity index is 1.74. The van der Waals surface area contributed by atoms with Gasteiger partial charge in [0.05, 0.1) is 39.6 Å². The summed E-state index contributed by atoms with van der Waals surface area (Å²) in [5.41, 5.74) is 1.39. The molecule has 0 aliphatic heterocycles. The third-order valence-corrected chi connectivity index (χ3v) is 6.22. The van der Waals surface area contributed by atoms with Crippen LogP contribution in [-0.2, 0) is 9.84 Å². The molecule has 0 saturated carbocycles. The molecule has 0 unspecified atom stereocenters. The van der Waals surface area contributed by atoms with Gasteiger partial charge >= 0.3 is 6.36 Å². The van der Waals surface area contributed by atoms with Crippen molar-refractivity contribution in [2.24, 2.45) is 0 Å². The number of hydrogen-bond donors (Lipinski definition) is 1. The monoisotopic (exact) mass is 534 g/mol. The van der Waals surface area contributed by atoms with Crippen molar-refractivity contribution in [2.75, 3.05) is 6.26 Å². The van der Waals surface area contributed by atoms with Gasteiger partial charge in [-0.1, -0.05) is 12.1 Å². The van der Waals surface area contributed by atoms with E-state index in [-0.39, 0.29) is 22.6 Å². The minimum Gasteiger partial charge on any atom is -0.406 e. The van der Waals surface area contributed by atoms with E-state index in [9.17, 15) is 30.8 Å². The number of benzene rings is 2. The topological polar surface area (TPSA) is 111 Å². The third kappa shape index (κ3) is 6.17. The molecule has 4 aromatic rings. The maximum atomic E-state index is 13.4. The average Bonchev–Trinajstić information content (AvgIpc) is 2.82. The second-order valence-electron chi connectivity index (χ2n) is 8.02. The van der Waals surface area contributed by atoms with Gasteiger partial charge in [-0.25, -0.2) is 22.8 Å². The zero-order valence-electron chi connectivity index (χ0n) is 19.2. The van der Waals surface area contributed by atoms with E-state index in [1.54, 1.807) is 31.2 Å². The highest BCUT2D eigenvalue weighted by molar-refractivity contribution is 7.90. The van der Waals surface area contributed by atoms with Crippen molar-refractivity contribution >= 4 is 26.8 Å². The molecule has 192 valence electrons. The molecule has 0 aliphatic carbocycles. The number of hydrogen-bond acceptors (Lipinski definition) is 7. The summed E-state index contributed by atoms with van der Waals surface area (Å²) in [7, 11) is -3.98. The van der Waals surface area contributed by atoms with E-state index >= 15 is 0 Å². The van der Waals surface area contributed by atoms with E-state index in [2.05, 4.69) is 25.0 Å². The average molecular weight is 534 g/mol. The maximum Gasteiger partial charge on any atom is 0.573 e. The standard InChI is InChI=1S/C24H18F4N4O4S/c1-13(30-23(33)14-9-16(36-24(26,27)28)11-17(10-14)37(2,34)35)21-22(20-8-7-15(25)12-29-20)32-19-6-4-3-5-18(19)31-21/h3-13H,1-2H3,(H,30,33)/t13-/m0/s1. The second-order valence-corrected chi connectivity index (χ2v) is 10.0. The van der Waals surface area contributed by atoms with Crippen molar-refractivity contribution in [1.82, 2.24) is 20.3 Å². The van der Waals surface area contributed by atoms with Gasteiger partial charge < -0.3 is 10.1 Å². The molecular formula is C24H18F4N4O4S. The Morgan fingerprint density at radius 1 is 1.03 bits per heavy atom. The summed E-state index contributed by atoms with van der Waals surface area (Å²) in [6.07, 6.45) is -3.32. The molecule has 2 aromatic heterocycles. The first-order valence-electron chi connectivity index (χ1n) is 10.6. The van der Waals surface area contributed by atoms with Crippen LogP contribution in [-0.4, -0.2) is 41.9 Å². The fourth-order valence-corrected chi connectivity index (χ4v) is 4.15. The third-order valence-electron chi connectivity index (χ3n) is 5.13. The molecule has 8 nitrogen and oxygen atoms in total. The minimum absolute atomic E-state index is 0.247. The highest BCUT2D eigenvalue weighted by Crippen LogP contribution is 2.29. The number of nitrogens with one attached hydrogen (secondary N) is 1. The lowest BCUT2D eigenvalue weighted by Crippen LogP contribution is -2.28. The fraction of sp³-hybridized carbons (Fsp3) is 0.167. The van der Waals surface area contributed by atoms with Crippen LogP contribution in [0.3, 0.4) is 0 Å². The van der Waals surface area contributed by atoms with Gasteiger partial charge in [0.25, 0.3) is 5.91 Å². The van der Waals surface area contributed by atoms with Crippen LogP contribution in [0.2, 0.25) is 0 Å². The van der Waals surface area contributed by atoms with Crippen LogP contribution in [0.25, 0.3) is 22.4 Å². The van der Waals surface area contributed by atoms with E-state index in [0.29, 0.717) is 17.1 Å². The SMILES string of the molecule is C[C@H](NC(=O)c1cc(OC(F)(F)F)cc(S(C)(=O)=O)c1)c1nc2ccccc2nc1-c1ccc(F)cn1. The highest BCUT2D eigenvalue weighted by atomic mass is 32.2. The summed E-state index contributed by atoms with van der Waals surface area (Å²) in [6.45, 7) is 1.55. The van der Waals surface area contributed by atoms with E-state index in [4.69, 9.17) is 0 Å². The number of fused-ring (bicyclic) bond motifs is 1. The largest absolute Gasteiger partial charge is 0.573 e. The fourth-order valence-electron chi connectivity index (χ4n) is 3.48. The molecule has 0 aliphatic rings. The van der Waals surface area contributed by atoms with Crippen molar-refractivity contribution in [3.63, 3.8) is 0 Å². The number of amides is 1. The number of aromatic nitrogens is 3. The molecule has 1 atom stereocenters. The summed E-state index contributed by atoms with van der Waals surface area (Å²) < 4.78 is 79.6. The number of sulfone groups is 1. The second kappa shape index (κ2) is 9.73. The summed E-state index contributed by atoms with van der Waals surface area (Å²) in [6, 6.07) is 11.0. The number of para-hydroxylation sites is 2. The Kier molecular flexibility index (Phi) is 6.82. The van der Waals surface area contributed by atoms with Gasteiger partial charge in [-0.2, -0.15) is 0 Å². The number of pyridine rings is 1. The van der Waals surface area contributed by atoms with Crippen LogP contribution in [0.1, 0.15) is 29.0 Å². The van der Waals surface area contributed by atoms with Crippen molar-refractivity contribution in [2.45, 2.75) is 24.2 Å². The van der Waals surface area contributed by atoms with Gasteiger partial charge in [-0.3, -0.25) is 9.78 Å². The predicted molar refractivity (Wildman–Crippen MR) is 125 cm³/mol. The van der Waals surface area contributed by atoms with Crippen LogP contribution >= 0.6 is 0 Å². The van der Waals surface area contributed by atoms with Crippen LogP contribution in [0.5, 0.6) is 5.75 Å². The first-order valence-corrected chi connectivity index (χ1v) is 12.5. The minimum atomic E-state index is -5.10. The molecular weight excluding hydrogens is 516 g/mol. The van der Waals surface area contributed by atoms with Gasteiger partial charge in [0.2, 0.25) is 0 Å². The molecule has 37 heavy (non-hydrogen) atoms. The Hall–Kier alpha value is -4.13. The van der Waals surface area contributed by atoms with Gasteiger partial charge in [-0.15, -0.1) is 13.2 Å². The van der Waals surface area contributed by atoms with Crippen LogP contribution < -0.4 is 10.1 Å². The number of alkyl halides is 3. The Morgan fingerprint density at radius 3 is 2.30 bits per heavy atom. The first kappa shape index (κ1) is 25.9. The zero-order chi connectivity index (χ0) is 27.0. The smallest absolute Gasteiger partial charge is 0.406 e. The molecule has 1 amide bonds. The van der Waals surface area contributed by atoms with Gasteiger partial charge in [0.1, 0.15) is 17.3 Å². The highest BCUT2D eigenvalue weighted by Gasteiger charge is 2.32. The number of nitrogens with zero attached hydrogens (tertiary/aromatic N) is 3. The lowest BCUT2D eigenvalue weighted by atomic mass is 10.1. The van der Waals surface area contributed by atoms with Crippen molar-refractivity contribution in [3.8, 4) is 17.1 Å². The van der Waals surface area contributed by atoms with Crippen molar-refractivity contribution < 1.29 is 35.5 Å². The van der Waals surface area contributed by atoms with E-state index < -0.39 is 44.6 Å². The molecule has 2 heterocycles. The summed E-state index contributed by atoms with van der Waals surface area (Å²) in [5, 5.41) is 2.59. The number of rotatable bonds is 6. The quantitative estimate of drug-likeness (QED) is 0.359. The van der Waals surface area contributed by atoms with Crippen LogP contribution in [0.15, 0.2) is 65.7 Å². The number of halogens is 4. The van der Waals surface area contributed by atoms with E-state index in [0.717, 1.165) is 24.6 Å². The molecule has 0 radical (unpaired) electrons. The number of carbonyl (C=O) groups is 1. The molecule has 13 heteroatoms. The van der Waals surface area contributed by atoms with Crippen molar-refractivity contribution in [1.29, 1.82) is 0 Å². The summed E-state index contributed by atoms with van der Waals surface area (Å²) in [5.74, 6) is -2.32. The van der Waals surface area contributed by atoms with E-state index in [1.807, 2.05) is 0 Å². The number of ether oxygens (including phenoxy) is 1. The lowest BCUT2D eigenvalue weighted by molar-refractivity contribution is -0.274. The molecule has 0 fully saturated rings. The van der Waals surface area contributed by atoms with Gasteiger partial charge in [-0.05, 0) is 49.4 Å². The number of carbonyl (C=O) groups excluding carboxylic acids is 1. The molecule has 1 N–H and O–H groups in total. The van der Waals surface area contributed by atoms with Crippen LogP contribution in [0.4, 0.5) is 17.6 Å². The normalized spacial score (nSPS) is 12.8. The summed E-state index contributed by atoms with van der Waals surface area (Å²) in [4.78, 5) is 25.6. The maximum absolute atomic E-state index is 13.4. The Bertz CT molecular complexity index is 1590. The molecule has 4 rings (SSSR count). The summed E-state index contributed by atoms with van der Waals surface area (Å²) >= 11 is 0. The van der Waals surface area contributed by atoms with Gasteiger partial charge in [0, 0.05) is 11.8 Å². The van der Waals surface area contributed by atoms with Gasteiger partial charge in [0.15, 0.2) is 9.84 Å². The molecule has 0 spiro atoms.